The Bertz CT molecular complexity index is 762. The van der Waals surface area contributed by atoms with Crippen molar-refractivity contribution in [2.45, 2.75) is 44.7 Å². The van der Waals surface area contributed by atoms with Crippen molar-refractivity contribution < 1.29 is 9.90 Å². The number of thiophene rings is 1. The minimum atomic E-state index is -0.753. The van der Waals surface area contributed by atoms with Crippen LogP contribution < -0.4 is 0 Å². The predicted molar refractivity (Wildman–Crippen MR) is 104 cm³/mol. The zero-order valence-corrected chi connectivity index (χ0v) is 16.4. The van der Waals surface area contributed by atoms with Crippen molar-refractivity contribution >= 4 is 40.5 Å². The fraction of sp³-hybridized carbons (Fsp3) is 0.421. The van der Waals surface area contributed by atoms with Crippen molar-refractivity contribution in [1.82, 2.24) is 4.90 Å². The largest absolute Gasteiger partial charge is 0.480 e. The summed E-state index contributed by atoms with van der Waals surface area (Å²) in [4.78, 5) is 16.4. The third-order valence-electron chi connectivity index (χ3n) is 4.72. The first-order chi connectivity index (χ1) is 12.0. The molecule has 0 saturated carbocycles. The third kappa shape index (κ3) is 4.03. The predicted octanol–water partition coefficient (Wildman–Crippen LogP) is 5.65. The molecule has 1 aromatic carbocycles. The lowest BCUT2D eigenvalue weighted by molar-refractivity contribution is -0.145. The maximum absolute atomic E-state index is 11.8. The van der Waals surface area contributed by atoms with Gasteiger partial charge in [-0.05, 0) is 55.6 Å². The molecule has 1 aliphatic heterocycles. The molecule has 1 aliphatic rings. The molecule has 0 bridgehead atoms. The number of aliphatic carboxylic acids is 1. The summed E-state index contributed by atoms with van der Waals surface area (Å²) < 4.78 is 0. The van der Waals surface area contributed by atoms with Crippen LogP contribution in [0.2, 0.25) is 10.0 Å². The molecule has 2 unspecified atom stereocenters. The van der Waals surface area contributed by atoms with Gasteiger partial charge in [0.1, 0.15) is 6.04 Å². The molecule has 3 rings (SSSR count). The highest BCUT2D eigenvalue weighted by Crippen LogP contribution is 2.39. The molecule has 2 heterocycles. The average Bonchev–Trinajstić information content (AvgIpc) is 3.07. The summed E-state index contributed by atoms with van der Waals surface area (Å²) in [5.74, 6) is -0.753. The zero-order chi connectivity index (χ0) is 18.0. The Balaban J connectivity index is 2.07. The van der Waals surface area contributed by atoms with Gasteiger partial charge >= 0.3 is 5.97 Å². The molecule has 1 N–H and O–H groups in total. The number of carbonyl (C=O) groups is 1. The van der Waals surface area contributed by atoms with Crippen LogP contribution in [0.1, 0.15) is 47.5 Å². The Hall–Kier alpha value is -1.07. The average molecular weight is 398 g/mol. The van der Waals surface area contributed by atoms with Crippen LogP contribution in [0.25, 0.3) is 0 Å². The van der Waals surface area contributed by atoms with Gasteiger partial charge in [-0.2, -0.15) is 0 Å². The second-order valence-electron chi connectivity index (χ2n) is 6.32. The Morgan fingerprint density at radius 1 is 1.28 bits per heavy atom. The van der Waals surface area contributed by atoms with Gasteiger partial charge in [-0.15, -0.1) is 11.3 Å². The number of hydrogen-bond donors (Lipinski definition) is 1. The molecule has 1 saturated heterocycles. The van der Waals surface area contributed by atoms with Crippen molar-refractivity contribution in [2.75, 3.05) is 6.54 Å². The molecule has 134 valence electrons. The van der Waals surface area contributed by atoms with E-state index >= 15 is 0 Å². The van der Waals surface area contributed by atoms with E-state index in [0.29, 0.717) is 16.5 Å². The van der Waals surface area contributed by atoms with E-state index in [9.17, 15) is 9.90 Å². The molecule has 0 amide bonds. The highest BCUT2D eigenvalue weighted by molar-refractivity contribution is 7.12. The summed E-state index contributed by atoms with van der Waals surface area (Å²) in [6, 6.07) is 9.28. The Labute approximate surface area is 162 Å². The number of aryl methyl sites for hydroxylation is 1. The third-order valence-corrected chi connectivity index (χ3v) is 6.74. The van der Waals surface area contributed by atoms with E-state index in [1.165, 1.54) is 4.88 Å². The quantitative estimate of drug-likeness (QED) is 0.708. The molecule has 0 aliphatic carbocycles. The van der Waals surface area contributed by atoms with Crippen LogP contribution in [0.5, 0.6) is 0 Å². The van der Waals surface area contributed by atoms with Gasteiger partial charge in [0.15, 0.2) is 0 Å². The zero-order valence-electron chi connectivity index (χ0n) is 14.0. The summed E-state index contributed by atoms with van der Waals surface area (Å²) in [5.41, 5.74) is 0.993. The van der Waals surface area contributed by atoms with E-state index in [1.807, 2.05) is 12.1 Å². The van der Waals surface area contributed by atoms with Crippen molar-refractivity contribution in [1.29, 1.82) is 0 Å². The summed E-state index contributed by atoms with van der Waals surface area (Å²) in [7, 11) is 0. The van der Waals surface area contributed by atoms with Crippen molar-refractivity contribution in [3.05, 3.63) is 55.7 Å². The fourth-order valence-corrected chi connectivity index (χ4v) is 4.87. The van der Waals surface area contributed by atoms with E-state index in [1.54, 1.807) is 17.4 Å². The molecule has 1 fully saturated rings. The second kappa shape index (κ2) is 8.09. The minimum absolute atomic E-state index is 0.110. The van der Waals surface area contributed by atoms with E-state index in [2.05, 4.69) is 24.0 Å². The Morgan fingerprint density at radius 3 is 2.72 bits per heavy atom. The van der Waals surface area contributed by atoms with E-state index in [0.717, 1.165) is 36.2 Å². The Morgan fingerprint density at radius 2 is 2.08 bits per heavy atom. The summed E-state index contributed by atoms with van der Waals surface area (Å²) in [5, 5.41) is 10.7. The number of halogens is 2. The number of benzene rings is 1. The van der Waals surface area contributed by atoms with E-state index in [-0.39, 0.29) is 6.04 Å². The number of carboxylic acid groups (broad SMARTS) is 1. The molecular weight excluding hydrogens is 377 g/mol. The molecule has 1 aromatic heterocycles. The highest BCUT2D eigenvalue weighted by atomic mass is 35.5. The first kappa shape index (κ1) is 18.7. The lowest BCUT2D eigenvalue weighted by Gasteiger charge is -2.39. The van der Waals surface area contributed by atoms with Gasteiger partial charge in [-0.1, -0.05) is 42.6 Å². The minimum Gasteiger partial charge on any atom is -0.480 e. The summed E-state index contributed by atoms with van der Waals surface area (Å²) >= 11 is 14.1. The number of rotatable bonds is 5. The molecule has 3 nitrogen and oxygen atoms in total. The lowest BCUT2D eigenvalue weighted by atomic mass is 9.95. The number of likely N-dealkylation sites (tertiary alicyclic amines) is 1. The van der Waals surface area contributed by atoms with Gasteiger partial charge in [0, 0.05) is 9.75 Å². The molecule has 2 aromatic rings. The van der Waals surface area contributed by atoms with Crippen molar-refractivity contribution in [3.63, 3.8) is 0 Å². The number of nitrogens with zero attached hydrogens (tertiary/aromatic N) is 1. The van der Waals surface area contributed by atoms with E-state index < -0.39 is 12.0 Å². The highest BCUT2D eigenvalue weighted by Gasteiger charge is 2.35. The number of piperidine rings is 1. The van der Waals surface area contributed by atoms with Gasteiger partial charge in [0.2, 0.25) is 0 Å². The number of hydrogen-bond acceptors (Lipinski definition) is 3. The maximum Gasteiger partial charge on any atom is 0.320 e. The first-order valence-electron chi connectivity index (χ1n) is 8.53. The smallest absolute Gasteiger partial charge is 0.320 e. The van der Waals surface area contributed by atoms with Crippen LogP contribution in [-0.4, -0.2) is 28.6 Å². The molecular formula is C19H21Cl2NO2S. The van der Waals surface area contributed by atoms with Crippen LogP contribution in [0, 0.1) is 0 Å². The normalized spacial score (nSPS) is 19.7. The lowest BCUT2D eigenvalue weighted by Crippen LogP contribution is -2.46. The molecule has 25 heavy (non-hydrogen) atoms. The summed E-state index contributed by atoms with van der Waals surface area (Å²) in [6.07, 6.45) is 3.61. The van der Waals surface area contributed by atoms with Gasteiger partial charge in [0.25, 0.3) is 0 Å². The first-order valence-corrected chi connectivity index (χ1v) is 10.1. The topological polar surface area (TPSA) is 40.5 Å². The van der Waals surface area contributed by atoms with Gasteiger partial charge in [0.05, 0.1) is 16.1 Å². The fourth-order valence-electron chi connectivity index (χ4n) is 3.46. The SMILES string of the molecule is CCc1ccc(C(c2ccc(Cl)c(Cl)c2)N2CCCCC2C(=O)O)s1. The molecule has 0 radical (unpaired) electrons. The second-order valence-corrected chi connectivity index (χ2v) is 8.34. The van der Waals surface area contributed by atoms with Crippen LogP contribution >= 0.6 is 34.5 Å². The molecule has 2 atom stereocenters. The maximum atomic E-state index is 11.8. The van der Waals surface area contributed by atoms with Gasteiger partial charge in [-0.3, -0.25) is 9.69 Å². The van der Waals surface area contributed by atoms with Crippen molar-refractivity contribution in [3.8, 4) is 0 Å². The number of carboxylic acids is 1. The van der Waals surface area contributed by atoms with Crippen LogP contribution in [0.3, 0.4) is 0 Å². The van der Waals surface area contributed by atoms with Crippen molar-refractivity contribution in [2.24, 2.45) is 0 Å². The van der Waals surface area contributed by atoms with E-state index in [4.69, 9.17) is 23.2 Å². The van der Waals surface area contributed by atoms with Crippen LogP contribution in [-0.2, 0) is 11.2 Å². The Kier molecular flexibility index (Phi) is 6.05. The van der Waals surface area contributed by atoms with Gasteiger partial charge in [-0.25, -0.2) is 0 Å². The molecule has 0 spiro atoms. The van der Waals surface area contributed by atoms with Crippen LogP contribution in [0.4, 0.5) is 0 Å². The molecule has 6 heteroatoms. The van der Waals surface area contributed by atoms with Gasteiger partial charge < -0.3 is 5.11 Å². The monoisotopic (exact) mass is 397 g/mol. The summed E-state index contributed by atoms with van der Waals surface area (Å²) in [6.45, 7) is 2.89. The van der Waals surface area contributed by atoms with Crippen LogP contribution in [0.15, 0.2) is 30.3 Å². The standard InChI is InChI=1S/C19H21Cl2NO2S/c1-2-13-7-9-17(25-13)18(12-6-8-14(20)15(21)11-12)22-10-4-3-5-16(22)19(23)24/h6-9,11,16,18H,2-5,10H2,1H3,(H,23,24).